The van der Waals surface area contributed by atoms with Gasteiger partial charge in [0, 0.05) is 58.4 Å². The van der Waals surface area contributed by atoms with Crippen LogP contribution < -0.4 is 15.5 Å². The van der Waals surface area contributed by atoms with Gasteiger partial charge in [0.15, 0.2) is 17.6 Å². The van der Waals surface area contributed by atoms with Crippen molar-refractivity contribution in [3.05, 3.63) is 59.5 Å². The van der Waals surface area contributed by atoms with E-state index < -0.39 is 0 Å². The molecule has 1 aromatic carbocycles. The summed E-state index contributed by atoms with van der Waals surface area (Å²) in [5.41, 5.74) is 2.29. The first-order valence-electron chi connectivity index (χ1n) is 10.8. The van der Waals surface area contributed by atoms with E-state index in [0.717, 1.165) is 43.0 Å². The molecule has 1 amide bonds. The summed E-state index contributed by atoms with van der Waals surface area (Å²) >= 11 is 0. The lowest BCUT2D eigenvalue weighted by Gasteiger charge is -2.20. The van der Waals surface area contributed by atoms with Crippen LogP contribution in [0.15, 0.2) is 47.6 Å². The highest BCUT2D eigenvalue weighted by atomic mass is 19.1. The number of hydrogen-bond donors (Lipinski definition) is 2. The molecular formula is C23H29FN6O. The average molecular weight is 425 g/mol. The van der Waals surface area contributed by atoms with E-state index in [2.05, 4.69) is 44.9 Å². The predicted octanol–water partition coefficient (Wildman–Crippen LogP) is 2.29. The molecule has 3 heterocycles. The van der Waals surface area contributed by atoms with E-state index in [1.54, 1.807) is 19.3 Å². The Morgan fingerprint density at radius 3 is 2.74 bits per heavy atom. The van der Waals surface area contributed by atoms with Crippen LogP contribution in [-0.4, -0.2) is 54.5 Å². The second-order valence-corrected chi connectivity index (χ2v) is 8.05. The Labute approximate surface area is 182 Å². The van der Waals surface area contributed by atoms with E-state index in [0.29, 0.717) is 31.9 Å². The summed E-state index contributed by atoms with van der Waals surface area (Å²) in [6.07, 6.45) is 4.14. The summed E-state index contributed by atoms with van der Waals surface area (Å²) in [6.45, 7) is 3.62. The maximum atomic E-state index is 14.0. The minimum atomic E-state index is -0.289. The predicted molar refractivity (Wildman–Crippen MR) is 119 cm³/mol. The SMILES string of the molecule is CN=C(NCc1ccc(CN2CCCC2=O)cc1)NC1CCN(c2ncccc2F)C1. The molecule has 31 heavy (non-hydrogen) atoms. The van der Waals surface area contributed by atoms with Gasteiger partial charge in [0.1, 0.15) is 0 Å². The van der Waals surface area contributed by atoms with Crippen LogP contribution in [0.2, 0.25) is 0 Å². The summed E-state index contributed by atoms with van der Waals surface area (Å²) < 4.78 is 14.0. The van der Waals surface area contributed by atoms with Gasteiger partial charge in [0.05, 0.1) is 0 Å². The Bertz CT molecular complexity index is 932. The molecule has 2 fully saturated rings. The number of carbonyl (C=O) groups is 1. The van der Waals surface area contributed by atoms with Gasteiger partial charge in [-0.3, -0.25) is 9.79 Å². The molecule has 0 radical (unpaired) electrons. The molecule has 164 valence electrons. The fraction of sp³-hybridized carbons (Fsp3) is 0.435. The van der Waals surface area contributed by atoms with Crippen molar-refractivity contribution in [3.8, 4) is 0 Å². The summed E-state index contributed by atoms with van der Waals surface area (Å²) in [7, 11) is 1.75. The first-order chi connectivity index (χ1) is 15.1. The Kier molecular flexibility index (Phi) is 6.64. The summed E-state index contributed by atoms with van der Waals surface area (Å²) in [4.78, 5) is 24.2. The number of hydrogen-bond acceptors (Lipinski definition) is 4. The highest BCUT2D eigenvalue weighted by Gasteiger charge is 2.26. The van der Waals surface area contributed by atoms with Crippen LogP contribution in [0.4, 0.5) is 10.2 Å². The maximum Gasteiger partial charge on any atom is 0.222 e. The number of nitrogens with zero attached hydrogens (tertiary/aromatic N) is 4. The highest BCUT2D eigenvalue weighted by molar-refractivity contribution is 5.80. The van der Waals surface area contributed by atoms with Gasteiger partial charge < -0.3 is 20.4 Å². The van der Waals surface area contributed by atoms with Gasteiger partial charge >= 0.3 is 0 Å². The van der Waals surface area contributed by atoms with E-state index >= 15 is 0 Å². The summed E-state index contributed by atoms with van der Waals surface area (Å²) in [5, 5.41) is 6.77. The van der Waals surface area contributed by atoms with Crippen molar-refractivity contribution in [3.63, 3.8) is 0 Å². The van der Waals surface area contributed by atoms with Crippen molar-refractivity contribution in [1.82, 2.24) is 20.5 Å². The van der Waals surface area contributed by atoms with E-state index in [1.165, 1.54) is 6.07 Å². The second-order valence-electron chi connectivity index (χ2n) is 8.05. The molecular weight excluding hydrogens is 395 g/mol. The topological polar surface area (TPSA) is 72.9 Å². The zero-order valence-corrected chi connectivity index (χ0v) is 17.9. The molecule has 0 bridgehead atoms. The number of anilines is 1. The Morgan fingerprint density at radius 1 is 1.23 bits per heavy atom. The van der Waals surface area contributed by atoms with Crippen molar-refractivity contribution < 1.29 is 9.18 Å². The number of aliphatic imine (C=N–C) groups is 1. The van der Waals surface area contributed by atoms with Crippen LogP contribution in [0.5, 0.6) is 0 Å². The molecule has 4 rings (SSSR count). The minimum Gasteiger partial charge on any atom is -0.352 e. The molecule has 2 aromatic rings. The van der Waals surface area contributed by atoms with Crippen molar-refractivity contribution in [1.29, 1.82) is 0 Å². The van der Waals surface area contributed by atoms with Crippen LogP contribution in [0.3, 0.4) is 0 Å². The Balaban J connectivity index is 1.25. The van der Waals surface area contributed by atoms with E-state index in [4.69, 9.17) is 0 Å². The van der Waals surface area contributed by atoms with Gasteiger partial charge in [0.25, 0.3) is 0 Å². The lowest BCUT2D eigenvalue weighted by Crippen LogP contribution is -2.44. The van der Waals surface area contributed by atoms with Gasteiger partial charge in [-0.05, 0) is 36.1 Å². The zero-order chi connectivity index (χ0) is 21.6. The normalized spacial score (nSPS) is 19.2. The average Bonchev–Trinajstić information content (AvgIpc) is 3.41. The van der Waals surface area contributed by atoms with Crippen molar-refractivity contribution >= 4 is 17.7 Å². The van der Waals surface area contributed by atoms with Crippen molar-refractivity contribution in [2.45, 2.75) is 38.4 Å². The minimum absolute atomic E-state index is 0.174. The third-order valence-corrected chi connectivity index (χ3v) is 5.82. The lowest BCUT2D eigenvalue weighted by atomic mass is 10.1. The molecule has 2 saturated heterocycles. The van der Waals surface area contributed by atoms with Gasteiger partial charge in [0.2, 0.25) is 5.91 Å². The standard InChI is InChI=1S/C23H29FN6O/c1-25-23(28-19-10-13-30(16-19)22-20(24)4-2-11-26-22)27-14-17-6-8-18(9-7-17)15-29-12-3-5-21(29)31/h2,4,6-9,11,19H,3,5,10,12-16H2,1H3,(H2,25,27,28). The molecule has 1 atom stereocenters. The van der Waals surface area contributed by atoms with Crippen LogP contribution in [-0.2, 0) is 17.9 Å². The number of guanidine groups is 1. The number of pyridine rings is 1. The van der Waals surface area contributed by atoms with Crippen molar-refractivity contribution in [2.75, 3.05) is 31.6 Å². The number of benzene rings is 1. The first-order valence-corrected chi connectivity index (χ1v) is 10.8. The fourth-order valence-corrected chi connectivity index (χ4v) is 4.11. The number of carbonyl (C=O) groups excluding carboxylic acids is 1. The highest BCUT2D eigenvalue weighted by Crippen LogP contribution is 2.20. The number of amides is 1. The lowest BCUT2D eigenvalue weighted by molar-refractivity contribution is -0.128. The zero-order valence-electron chi connectivity index (χ0n) is 17.9. The molecule has 8 heteroatoms. The molecule has 2 aliphatic heterocycles. The number of aromatic nitrogens is 1. The van der Waals surface area contributed by atoms with Crippen LogP contribution in [0, 0.1) is 5.82 Å². The van der Waals surface area contributed by atoms with E-state index in [-0.39, 0.29) is 17.8 Å². The molecule has 2 aliphatic rings. The molecule has 7 nitrogen and oxygen atoms in total. The van der Waals surface area contributed by atoms with E-state index in [9.17, 15) is 9.18 Å². The molecule has 2 N–H and O–H groups in total. The first kappa shape index (κ1) is 21.1. The Morgan fingerprint density at radius 2 is 2.03 bits per heavy atom. The number of nitrogens with one attached hydrogen (secondary N) is 2. The number of likely N-dealkylation sites (tertiary alicyclic amines) is 1. The van der Waals surface area contributed by atoms with Gasteiger partial charge in [-0.2, -0.15) is 0 Å². The molecule has 0 aliphatic carbocycles. The number of rotatable bonds is 6. The molecule has 1 aromatic heterocycles. The monoisotopic (exact) mass is 424 g/mol. The summed E-state index contributed by atoms with van der Waals surface area (Å²) in [5.74, 6) is 1.09. The largest absolute Gasteiger partial charge is 0.352 e. The third kappa shape index (κ3) is 5.31. The van der Waals surface area contributed by atoms with Crippen molar-refractivity contribution in [2.24, 2.45) is 4.99 Å². The maximum absolute atomic E-state index is 14.0. The smallest absolute Gasteiger partial charge is 0.222 e. The second kappa shape index (κ2) is 9.76. The summed E-state index contributed by atoms with van der Waals surface area (Å²) in [6, 6.07) is 11.5. The van der Waals surface area contributed by atoms with Crippen LogP contribution >= 0.6 is 0 Å². The number of halogens is 1. The van der Waals surface area contributed by atoms with Gasteiger partial charge in [-0.1, -0.05) is 24.3 Å². The van der Waals surface area contributed by atoms with Crippen LogP contribution in [0.1, 0.15) is 30.4 Å². The third-order valence-electron chi connectivity index (χ3n) is 5.82. The molecule has 0 saturated carbocycles. The quantitative estimate of drug-likeness (QED) is 0.550. The van der Waals surface area contributed by atoms with Gasteiger partial charge in [-0.15, -0.1) is 0 Å². The van der Waals surface area contributed by atoms with Crippen LogP contribution in [0.25, 0.3) is 0 Å². The Hall–Kier alpha value is -3.16. The van der Waals surface area contributed by atoms with E-state index in [1.807, 2.05) is 9.80 Å². The molecule has 0 spiro atoms. The van der Waals surface area contributed by atoms with Gasteiger partial charge in [-0.25, -0.2) is 9.37 Å². The fourth-order valence-electron chi connectivity index (χ4n) is 4.11. The molecule has 1 unspecified atom stereocenters.